The summed E-state index contributed by atoms with van der Waals surface area (Å²) in [6, 6.07) is 8.77. The second-order valence-electron chi connectivity index (χ2n) is 8.56. The van der Waals surface area contributed by atoms with E-state index in [9.17, 15) is 23.1 Å². The summed E-state index contributed by atoms with van der Waals surface area (Å²) in [4.78, 5) is 13.8. The summed E-state index contributed by atoms with van der Waals surface area (Å²) in [6.07, 6.45) is 0.562. The van der Waals surface area contributed by atoms with Crippen molar-refractivity contribution in [2.75, 3.05) is 25.4 Å². The van der Waals surface area contributed by atoms with Crippen molar-refractivity contribution in [1.82, 2.24) is 14.7 Å². The Morgan fingerprint density at radius 2 is 1.97 bits per heavy atom. The van der Waals surface area contributed by atoms with Gasteiger partial charge in [-0.2, -0.15) is 5.10 Å². The van der Waals surface area contributed by atoms with E-state index in [2.05, 4.69) is 5.10 Å². The second-order valence-corrected chi connectivity index (χ2v) is 8.56. The predicted molar refractivity (Wildman–Crippen MR) is 129 cm³/mol. The van der Waals surface area contributed by atoms with Crippen LogP contribution in [0.2, 0.25) is 0 Å². The molecule has 4 rings (SSSR count). The molecule has 37 heavy (non-hydrogen) atoms. The molecule has 3 aromatic rings. The highest BCUT2D eigenvalue weighted by molar-refractivity contribution is 6.03. The number of halogens is 3. The molecule has 0 saturated carbocycles. The zero-order chi connectivity index (χ0) is 26.7. The van der Waals surface area contributed by atoms with Gasteiger partial charge < -0.3 is 26.4 Å². The molecular formula is C25H26F3N5O4. The molecule has 0 bridgehead atoms. The molecule has 2 heterocycles. The van der Waals surface area contributed by atoms with E-state index in [-0.39, 0.29) is 41.2 Å². The third-order valence-electron chi connectivity index (χ3n) is 6.10. The Kier molecular flexibility index (Phi) is 7.81. The quantitative estimate of drug-likeness (QED) is 0.360. The molecule has 0 aliphatic carbocycles. The van der Waals surface area contributed by atoms with Crippen molar-refractivity contribution in [3.8, 4) is 22.8 Å². The van der Waals surface area contributed by atoms with Gasteiger partial charge in [0.15, 0.2) is 17.8 Å². The fraction of sp³-hybridized carbons (Fsp3) is 0.280. The molecule has 1 saturated heterocycles. The minimum absolute atomic E-state index is 0.00211. The van der Waals surface area contributed by atoms with Crippen molar-refractivity contribution < 1.29 is 32.9 Å². The van der Waals surface area contributed by atoms with E-state index in [0.29, 0.717) is 31.0 Å². The minimum Gasteiger partial charge on any atom is -0.454 e. The zero-order valence-corrected chi connectivity index (χ0v) is 19.7. The number of rotatable bonds is 8. The number of carbonyl (C=O) groups is 1. The first kappa shape index (κ1) is 26.2. The van der Waals surface area contributed by atoms with Crippen LogP contribution in [0.4, 0.5) is 19.0 Å². The Morgan fingerprint density at radius 3 is 2.62 bits per heavy atom. The predicted octanol–water partition coefficient (Wildman–Crippen LogP) is 3.10. The van der Waals surface area contributed by atoms with Gasteiger partial charge in [0, 0.05) is 24.7 Å². The van der Waals surface area contributed by atoms with E-state index < -0.39 is 36.2 Å². The second kappa shape index (κ2) is 11.0. The number of aliphatic hydroxyl groups is 2. The number of nitrogens with two attached hydrogens (primary N) is 2. The maximum Gasteiger partial charge on any atom is 0.254 e. The van der Waals surface area contributed by atoms with Crippen LogP contribution in [0.15, 0.2) is 54.4 Å². The van der Waals surface area contributed by atoms with Crippen LogP contribution in [0, 0.1) is 11.6 Å². The lowest BCUT2D eigenvalue weighted by atomic mass is 10.0. The monoisotopic (exact) mass is 517 g/mol. The van der Waals surface area contributed by atoms with Gasteiger partial charge in [0.1, 0.15) is 34.5 Å². The number of likely N-dealkylation sites (tertiary alicyclic amines) is 1. The number of aliphatic hydroxyl groups excluding tert-OH is 2. The van der Waals surface area contributed by atoms with Crippen molar-refractivity contribution >= 4 is 11.7 Å². The summed E-state index contributed by atoms with van der Waals surface area (Å²) in [5, 5.41) is 23.7. The topological polar surface area (TPSA) is 140 Å². The van der Waals surface area contributed by atoms with Crippen LogP contribution in [0.5, 0.6) is 11.5 Å². The molecule has 2 unspecified atom stereocenters. The molecule has 0 radical (unpaired) electrons. The molecule has 1 aliphatic rings. The van der Waals surface area contributed by atoms with E-state index in [0.717, 1.165) is 12.1 Å². The molecule has 2 aromatic carbocycles. The van der Waals surface area contributed by atoms with Gasteiger partial charge in [0.25, 0.3) is 5.91 Å². The van der Waals surface area contributed by atoms with Gasteiger partial charge in [-0.15, -0.1) is 0 Å². The molecule has 196 valence electrons. The molecule has 9 nitrogen and oxygen atoms in total. The minimum atomic E-state index is -1.53. The third-order valence-corrected chi connectivity index (χ3v) is 6.10. The zero-order valence-electron chi connectivity index (χ0n) is 19.7. The number of hydrogen-bond donors (Lipinski definition) is 4. The van der Waals surface area contributed by atoms with Crippen molar-refractivity contribution in [1.29, 1.82) is 0 Å². The summed E-state index contributed by atoms with van der Waals surface area (Å²) in [5.74, 6) is -3.11. The number of amides is 1. The molecule has 12 heteroatoms. The number of primary amides is 1. The number of piperidine rings is 1. The first-order chi connectivity index (χ1) is 17.7. The number of benzene rings is 2. The fourth-order valence-corrected chi connectivity index (χ4v) is 4.31. The van der Waals surface area contributed by atoms with Crippen LogP contribution < -0.4 is 16.2 Å². The lowest BCUT2D eigenvalue weighted by Gasteiger charge is -2.35. The lowest BCUT2D eigenvalue weighted by molar-refractivity contribution is -0.00952. The highest BCUT2D eigenvalue weighted by Crippen LogP contribution is 2.34. The Morgan fingerprint density at radius 1 is 1.24 bits per heavy atom. The highest BCUT2D eigenvalue weighted by Gasteiger charge is 2.31. The van der Waals surface area contributed by atoms with Crippen molar-refractivity contribution in [3.63, 3.8) is 0 Å². The van der Waals surface area contributed by atoms with Gasteiger partial charge in [-0.1, -0.05) is 0 Å². The molecule has 0 spiro atoms. The Hall–Kier alpha value is -3.87. The largest absolute Gasteiger partial charge is 0.454 e. The maximum absolute atomic E-state index is 14.0. The summed E-state index contributed by atoms with van der Waals surface area (Å²) in [6.45, 7) is 0.0603. The molecule has 1 fully saturated rings. The fourth-order valence-electron chi connectivity index (χ4n) is 4.31. The summed E-state index contributed by atoms with van der Waals surface area (Å²) in [5.41, 5.74) is 12.6. The van der Waals surface area contributed by atoms with Crippen LogP contribution >= 0.6 is 0 Å². The number of carbonyl (C=O) groups excluding carboxylic acids is 1. The third kappa shape index (κ3) is 5.61. The van der Waals surface area contributed by atoms with E-state index in [1.165, 1.54) is 27.8 Å². The lowest BCUT2D eigenvalue weighted by Crippen LogP contribution is -2.44. The van der Waals surface area contributed by atoms with Gasteiger partial charge in [0.05, 0.1) is 12.6 Å². The molecule has 6 N–H and O–H groups in total. The highest BCUT2D eigenvalue weighted by atomic mass is 19.1. The summed E-state index contributed by atoms with van der Waals surface area (Å²) in [7, 11) is 0. The molecule has 2 atom stereocenters. The summed E-state index contributed by atoms with van der Waals surface area (Å²) >= 11 is 0. The maximum atomic E-state index is 14.0. The molecule has 1 aromatic heterocycles. The van der Waals surface area contributed by atoms with Crippen LogP contribution in [0.25, 0.3) is 11.3 Å². The van der Waals surface area contributed by atoms with Crippen molar-refractivity contribution in [3.05, 3.63) is 71.6 Å². The van der Waals surface area contributed by atoms with E-state index in [4.69, 9.17) is 21.3 Å². The van der Waals surface area contributed by atoms with E-state index in [1.807, 2.05) is 0 Å². The van der Waals surface area contributed by atoms with Gasteiger partial charge in [-0.25, -0.2) is 17.9 Å². The SMILES string of the molecule is NC(=O)c1c(-c2ccc(Oc3ccc(F)cc3F)cc2)nn(C2CCCN(C(O)C(F)=CCO)C2)c1N. The Labute approximate surface area is 210 Å². The first-order valence-electron chi connectivity index (χ1n) is 11.5. The number of nitrogens with zero attached hydrogens (tertiary/aromatic N) is 3. The van der Waals surface area contributed by atoms with Crippen LogP contribution in [0.3, 0.4) is 0 Å². The first-order valence-corrected chi connectivity index (χ1v) is 11.5. The van der Waals surface area contributed by atoms with Crippen molar-refractivity contribution in [2.24, 2.45) is 5.73 Å². The number of aromatic nitrogens is 2. The number of nitrogen functional groups attached to an aromatic ring is 1. The van der Waals surface area contributed by atoms with Crippen LogP contribution in [-0.2, 0) is 0 Å². The average Bonchev–Trinajstić information content (AvgIpc) is 3.23. The van der Waals surface area contributed by atoms with Gasteiger partial charge >= 0.3 is 0 Å². The van der Waals surface area contributed by atoms with E-state index in [1.54, 1.807) is 12.1 Å². The number of anilines is 1. The van der Waals surface area contributed by atoms with E-state index >= 15 is 0 Å². The molecule has 1 amide bonds. The Bertz CT molecular complexity index is 1310. The molecular weight excluding hydrogens is 491 g/mol. The van der Waals surface area contributed by atoms with Gasteiger partial charge in [-0.3, -0.25) is 9.69 Å². The standard InChI is InChI=1S/C25H26F3N5O4/c26-15-5-8-20(19(28)12-15)37-17-6-3-14(4-7-17)22-21(24(30)35)23(29)33(31-22)16-2-1-10-32(13-16)25(36)18(27)9-11-34/h3-9,12,16,25,34,36H,1-2,10-11,13,29H2,(H2,30,35). The number of ether oxygens (including phenoxy) is 1. The van der Waals surface area contributed by atoms with Gasteiger partial charge in [0.2, 0.25) is 0 Å². The van der Waals surface area contributed by atoms with Gasteiger partial charge in [-0.05, 0) is 55.3 Å². The van der Waals surface area contributed by atoms with Crippen molar-refractivity contribution in [2.45, 2.75) is 25.1 Å². The summed E-state index contributed by atoms with van der Waals surface area (Å²) < 4.78 is 48.0. The average molecular weight is 518 g/mol. The normalized spacial score (nSPS) is 17.5. The van der Waals surface area contributed by atoms with Crippen LogP contribution in [0.1, 0.15) is 29.2 Å². The number of hydrogen-bond acceptors (Lipinski definition) is 7. The van der Waals surface area contributed by atoms with Crippen LogP contribution in [-0.4, -0.2) is 56.7 Å². The Balaban J connectivity index is 1.60. The smallest absolute Gasteiger partial charge is 0.254 e. The molecule has 1 aliphatic heterocycles.